The Morgan fingerprint density at radius 2 is 0.845 bits per heavy atom. The summed E-state index contributed by atoms with van der Waals surface area (Å²) in [5.74, 6) is 0. The van der Waals surface area contributed by atoms with Crippen molar-refractivity contribution in [2.75, 3.05) is 4.90 Å². The van der Waals surface area contributed by atoms with Crippen molar-refractivity contribution in [3.05, 3.63) is 231 Å². The number of anilines is 3. The molecule has 0 spiro atoms. The van der Waals surface area contributed by atoms with Gasteiger partial charge in [-0.15, -0.1) is 0 Å². The molecular formula is C56H38N2. The molecule has 1 aromatic heterocycles. The second-order valence-corrected chi connectivity index (χ2v) is 14.9. The van der Waals surface area contributed by atoms with Crippen LogP contribution in [0.2, 0.25) is 0 Å². The Bertz CT molecular complexity index is 3210. The maximum atomic E-state index is 2.41. The molecule has 0 unspecified atom stereocenters. The fraction of sp³-hybridized carbons (Fsp3) is 0. The smallest absolute Gasteiger partial charge is 0.0541 e. The fourth-order valence-electron chi connectivity index (χ4n) is 8.87. The van der Waals surface area contributed by atoms with Crippen LogP contribution in [0.15, 0.2) is 231 Å². The van der Waals surface area contributed by atoms with Crippen molar-refractivity contribution in [2.24, 2.45) is 0 Å². The summed E-state index contributed by atoms with van der Waals surface area (Å²) in [6.45, 7) is 0. The molecule has 0 fully saturated rings. The first-order valence-electron chi connectivity index (χ1n) is 19.9. The summed E-state index contributed by atoms with van der Waals surface area (Å²) in [5, 5.41) is 7.59. The second kappa shape index (κ2) is 14.1. The standard InChI is InChI=1S/C56H38N2/c1-2-15-39(16-3-1)42-18-14-19-46(37-42)57(44-33-31-41(32-34-44)53-38-43-17-4-5-20-47(43)49-22-6-7-23-50(49)53)54-26-11-8-21-48(54)40-29-35-45(36-30-40)58-55-27-12-9-24-51(55)52-25-10-13-28-56(52)58/h1-38H. The van der Waals surface area contributed by atoms with Crippen LogP contribution in [0.4, 0.5) is 17.1 Å². The Balaban J connectivity index is 1.04. The van der Waals surface area contributed by atoms with Gasteiger partial charge < -0.3 is 9.47 Å². The lowest BCUT2D eigenvalue weighted by Crippen LogP contribution is -2.11. The van der Waals surface area contributed by atoms with E-state index in [0.29, 0.717) is 0 Å². The van der Waals surface area contributed by atoms with Gasteiger partial charge in [0.1, 0.15) is 0 Å². The van der Waals surface area contributed by atoms with E-state index in [1.165, 1.54) is 65.6 Å². The molecule has 11 rings (SSSR count). The minimum absolute atomic E-state index is 1.09. The highest BCUT2D eigenvalue weighted by molar-refractivity contribution is 6.14. The molecule has 2 nitrogen and oxygen atoms in total. The summed E-state index contributed by atoms with van der Waals surface area (Å²) in [6, 6.07) is 83.6. The molecule has 58 heavy (non-hydrogen) atoms. The first-order chi connectivity index (χ1) is 28.8. The van der Waals surface area contributed by atoms with E-state index in [0.717, 1.165) is 33.9 Å². The predicted molar refractivity (Wildman–Crippen MR) is 247 cm³/mol. The maximum absolute atomic E-state index is 2.41. The summed E-state index contributed by atoms with van der Waals surface area (Å²) < 4.78 is 2.38. The molecule has 10 aromatic carbocycles. The van der Waals surface area contributed by atoms with Gasteiger partial charge in [-0.05, 0) is 110 Å². The zero-order valence-electron chi connectivity index (χ0n) is 31.8. The Morgan fingerprint density at radius 3 is 1.59 bits per heavy atom. The average molecular weight is 739 g/mol. The average Bonchev–Trinajstić information content (AvgIpc) is 3.64. The van der Waals surface area contributed by atoms with Crippen molar-refractivity contribution in [1.82, 2.24) is 4.57 Å². The lowest BCUT2D eigenvalue weighted by atomic mass is 9.93. The van der Waals surface area contributed by atoms with E-state index in [1.54, 1.807) is 0 Å². The van der Waals surface area contributed by atoms with Crippen molar-refractivity contribution >= 4 is 60.4 Å². The highest BCUT2D eigenvalue weighted by Gasteiger charge is 2.19. The van der Waals surface area contributed by atoms with Gasteiger partial charge in [-0.2, -0.15) is 0 Å². The van der Waals surface area contributed by atoms with Crippen LogP contribution >= 0.6 is 0 Å². The van der Waals surface area contributed by atoms with Gasteiger partial charge in [-0.1, -0.05) is 170 Å². The lowest BCUT2D eigenvalue weighted by Gasteiger charge is -2.28. The Morgan fingerprint density at radius 1 is 0.293 bits per heavy atom. The highest BCUT2D eigenvalue weighted by Crippen LogP contribution is 2.43. The van der Waals surface area contributed by atoms with Crippen molar-refractivity contribution < 1.29 is 0 Å². The van der Waals surface area contributed by atoms with E-state index in [1.807, 2.05) is 0 Å². The molecule has 0 aliphatic rings. The van der Waals surface area contributed by atoms with Gasteiger partial charge in [-0.25, -0.2) is 0 Å². The molecule has 0 atom stereocenters. The van der Waals surface area contributed by atoms with E-state index in [4.69, 9.17) is 0 Å². The third-order valence-corrected chi connectivity index (χ3v) is 11.6. The molecule has 0 amide bonds. The van der Waals surface area contributed by atoms with Crippen LogP contribution < -0.4 is 4.90 Å². The third-order valence-electron chi connectivity index (χ3n) is 11.6. The van der Waals surface area contributed by atoms with Crippen LogP contribution in [0.1, 0.15) is 0 Å². The number of para-hydroxylation sites is 3. The summed E-state index contributed by atoms with van der Waals surface area (Å²) in [4.78, 5) is 2.41. The number of fused-ring (bicyclic) bond motifs is 6. The quantitative estimate of drug-likeness (QED) is 0.148. The number of rotatable bonds is 7. The fourth-order valence-corrected chi connectivity index (χ4v) is 8.87. The normalized spacial score (nSPS) is 11.4. The van der Waals surface area contributed by atoms with E-state index < -0.39 is 0 Å². The minimum atomic E-state index is 1.09. The first kappa shape index (κ1) is 33.6. The van der Waals surface area contributed by atoms with Crippen molar-refractivity contribution in [2.45, 2.75) is 0 Å². The number of nitrogens with zero attached hydrogens (tertiary/aromatic N) is 2. The van der Waals surface area contributed by atoms with Crippen molar-refractivity contribution in [3.63, 3.8) is 0 Å². The zero-order valence-corrected chi connectivity index (χ0v) is 31.8. The molecule has 0 saturated heterocycles. The molecular weight excluding hydrogens is 701 g/mol. The molecule has 0 aliphatic heterocycles. The van der Waals surface area contributed by atoms with Crippen LogP contribution in [-0.4, -0.2) is 4.57 Å². The van der Waals surface area contributed by atoms with E-state index in [2.05, 4.69) is 240 Å². The molecule has 272 valence electrons. The number of hydrogen-bond acceptors (Lipinski definition) is 1. The Labute approximate surface area is 338 Å². The van der Waals surface area contributed by atoms with Gasteiger partial charge in [0.2, 0.25) is 0 Å². The van der Waals surface area contributed by atoms with Crippen LogP contribution in [0.3, 0.4) is 0 Å². The predicted octanol–water partition coefficient (Wildman–Crippen LogP) is 15.6. The highest BCUT2D eigenvalue weighted by atomic mass is 15.1. The largest absolute Gasteiger partial charge is 0.310 e. The molecule has 0 bridgehead atoms. The number of hydrogen-bond donors (Lipinski definition) is 0. The third kappa shape index (κ3) is 5.74. The molecule has 0 radical (unpaired) electrons. The van der Waals surface area contributed by atoms with Gasteiger partial charge in [0.05, 0.1) is 16.7 Å². The van der Waals surface area contributed by atoms with Crippen LogP contribution in [0.25, 0.3) is 82.4 Å². The van der Waals surface area contributed by atoms with Gasteiger partial charge in [-0.3, -0.25) is 0 Å². The van der Waals surface area contributed by atoms with Gasteiger partial charge in [0.25, 0.3) is 0 Å². The number of aromatic nitrogens is 1. The van der Waals surface area contributed by atoms with Gasteiger partial charge in [0.15, 0.2) is 0 Å². The van der Waals surface area contributed by atoms with Gasteiger partial charge >= 0.3 is 0 Å². The first-order valence-corrected chi connectivity index (χ1v) is 19.9. The Hall–Kier alpha value is -7.68. The number of benzene rings is 10. The zero-order chi connectivity index (χ0) is 38.4. The Kier molecular flexibility index (Phi) is 8.19. The second-order valence-electron chi connectivity index (χ2n) is 14.9. The molecule has 0 aliphatic carbocycles. The molecule has 11 aromatic rings. The molecule has 0 saturated carbocycles. The topological polar surface area (TPSA) is 8.17 Å². The van der Waals surface area contributed by atoms with E-state index in [9.17, 15) is 0 Å². The summed E-state index contributed by atoms with van der Waals surface area (Å²) >= 11 is 0. The summed E-state index contributed by atoms with van der Waals surface area (Å²) in [7, 11) is 0. The van der Waals surface area contributed by atoms with E-state index in [-0.39, 0.29) is 0 Å². The van der Waals surface area contributed by atoms with Crippen LogP contribution in [-0.2, 0) is 0 Å². The van der Waals surface area contributed by atoms with Crippen molar-refractivity contribution in [3.8, 4) is 39.1 Å². The minimum Gasteiger partial charge on any atom is -0.310 e. The SMILES string of the molecule is c1ccc(-c2cccc(N(c3ccc(-c4cc5ccccc5c5ccccc45)cc3)c3ccccc3-c3ccc(-n4c5ccccc5c5ccccc54)cc3)c2)cc1. The molecule has 2 heteroatoms. The summed E-state index contributed by atoms with van der Waals surface area (Å²) in [6.07, 6.45) is 0. The van der Waals surface area contributed by atoms with Crippen LogP contribution in [0, 0.1) is 0 Å². The van der Waals surface area contributed by atoms with Crippen LogP contribution in [0.5, 0.6) is 0 Å². The molecule has 0 N–H and O–H groups in total. The van der Waals surface area contributed by atoms with E-state index >= 15 is 0 Å². The molecule has 1 heterocycles. The van der Waals surface area contributed by atoms with Crippen molar-refractivity contribution in [1.29, 1.82) is 0 Å². The van der Waals surface area contributed by atoms with Gasteiger partial charge in [0, 0.05) is 33.4 Å². The lowest BCUT2D eigenvalue weighted by molar-refractivity contribution is 1.18. The maximum Gasteiger partial charge on any atom is 0.0541 e. The summed E-state index contributed by atoms with van der Waals surface area (Å²) in [5.41, 5.74) is 14.0. The monoisotopic (exact) mass is 738 g/mol.